The van der Waals surface area contributed by atoms with Gasteiger partial charge >= 0.3 is 6.16 Å². The predicted octanol–water partition coefficient (Wildman–Crippen LogP) is 2.77. The summed E-state index contributed by atoms with van der Waals surface area (Å²) in [7, 11) is 1.29. The van der Waals surface area contributed by atoms with E-state index < -0.39 is 6.16 Å². The first-order valence-electron chi connectivity index (χ1n) is 6.64. The first-order chi connectivity index (χ1) is 8.74. The summed E-state index contributed by atoms with van der Waals surface area (Å²) in [6.45, 7) is 6.50. The Morgan fingerprint density at radius 1 is 1.11 bits per heavy atom. The van der Waals surface area contributed by atoms with Crippen molar-refractivity contribution in [1.29, 1.82) is 0 Å². The van der Waals surface area contributed by atoms with Crippen molar-refractivity contribution < 1.29 is 23.7 Å². The number of carbonyl (C=O) groups is 1. The lowest BCUT2D eigenvalue weighted by molar-refractivity contribution is -0.0226. The van der Waals surface area contributed by atoms with Crippen molar-refractivity contribution in [3.05, 3.63) is 0 Å². The molecular weight excluding hydrogens is 236 g/mol. The molecule has 0 aliphatic carbocycles. The Labute approximate surface area is 110 Å². The van der Waals surface area contributed by atoms with Crippen LogP contribution < -0.4 is 0 Å². The Morgan fingerprint density at radius 2 is 1.89 bits per heavy atom. The van der Waals surface area contributed by atoms with Gasteiger partial charge in [-0.25, -0.2) is 4.79 Å². The van der Waals surface area contributed by atoms with E-state index in [1.165, 1.54) is 7.11 Å². The van der Waals surface area contributed by atoms with Crippen LogP contribution in [-0.2, 0) is 18.9 Å². The maximum absolute atomic E-state index is 10.6. The number of unbranched alkanes of at least 4 members (excludes halogenated alkanes) is 1. The van der Waals surface area contributed by atoms with E-state index in [4.69, 9.17) is 14.2 Å². The number of rotatable bonds is 11. The van der Waals surface area contributed by atoms with Crippen molar-refractivity contribution in [2.45, 2.75) is 45.6 Å². The number of methoxy groups -OCH3 is 1. The van der Waals surface area contributed by atoms with Crippen LogP contribution in [0.3, 0.4) is 0 Å². The SMILES string of the molecule is CCCCOC(CC)COCCCOC(=O)OC. The zero-order chi connectivity index (χ0) is 13.6. The summed E-state index contributed by atoms with van der Waals surface area (Å²) >= 11 is 0. The molecule has 0 aliphatic heterocycles. The fourth-order valence-electron chi connectivity index (χ4n) is 1.27. The average Bonchev–Trinajstić information content (AvgIpc) is 2.40. The molecule has 0 fully saturated rings. The zero-order valence-electron chi connectivity index (χ0n) is 11.8. The normalized spacial score (nSPS) is 12.2. The topological polar surface area (TPSA) is 54.0 Å². The van der Waals surface area contributed by atoms with Gasteiger partial charge in [-0.1, -0.05) is 20.3 Å². The van der Waals surface area contributed by atoms with Gasteiger partial charge in [-0.15, -0.1) is 0 Å². The van der Waals surface area contributed by atoms with E-state index in [9.17, 15) is 4.79 Å². The molecule has 5 heteroatoms. The van der Waals surface area contributed by atoms with Crippen LogP contribution in [0.1, 0.15) is 39.5 Å². The summed E-state index contributed by atoms with van der Waals surface area (Å²) in [5.74, 6) is 0. The Morgan fingerprint density at radius 3 is 2.50 bits per heavy atom. The molecule has 0 heterocycles. The van der Waals surface area contributed by atoms with Crippen molar-refractivity contribution in [3.8, 4) is 0 Å². The molecule has 0 aromatic rings. The molecule has 108 valence electrons. The highest BCUT2D eigenvalue weighted by Crippen LogP contribution is 2.01. The Bertz CT molecular complexity index is 196. The van der Waals surface area contributed by atoms with Crippen molar-refractivity contribution in [2.24, 2.45) is 0 Å². The zero-order valence-corrected chi connectivity index (χ0v) is 11.8. The van der Waals surface area contributed by atoms with Crippen molar-refractivity contribution in [2.75, 3.05) is 33.5 Å². The Kier molecular flexibility index (Phi) is 12.1. The van der Waals surface area contributed by atoms with Crippen LogP contribution in [0.4, 0.5) is 4.79 Å². The van der Waals surface area contributed by atoms with E-state index in [2.05, 4.69) is 18.6 Å². The maximum atomic E-state index is 10.6. The Hall–Kier alpha value is -0.810. The minimum Gasteiger partial charge on any atom is -0.438 e. The standard InChI is InChI=1S/C13H26O5/c1-4-6-9-17-12(5-2)11-16-8-7-10-18-13(14)15-3/h12H,4-11H2,1-3H3. The number of carbonyl (C=O) groups excluding carboxylic acids is 1. The number of ether oxygens (including phenoxy) is 4. The second kappa shape index (κ2) is 12.6. The van der Waals surface area contributed by atoms with E-state index in [-0.39, 0.29) is 6.10 Å². The van der Waals surface area contributed by atoms with Crippen LogP contribution in [0, 0.1) is 0 Å². The van der Waals surface area contributed by atoms with Gasteiger partial charge in [-0.3, -0.25) is 0 Å². The van der Waals surface area contributed by atoms with E-state index >= 15 is 0 Å². The number of hydrogen-bond acceptors (Lipinski definition) is 5. The van der Waals surface area contributed by atoms with Gasteiger partial charge in [0.2, 0.25) is 0 Å². The molecular formula is C13H26O5. The van der Waals surface area contributed by atoms with Crippen molar-refractivity contribution >= 4 is 6.16 Å². The van der Waals surface area contributed by atoms with Crippen LogP contribution in [0.15, 0.2) is 0 Å². The molecule has 0 aromatic heterocycles. The first kappa shape index (κ1) is 17.2. The van der Waals surface area contributed by atoms with Gasteiger partial charge < -0.3 is 18.9 Å². The van der Waals surface area contributed by atoms with Crippen LogP contribution in [-0.4, -0.2) is 45.8 Å². The summed E-state index contributed by atoms with van der Waals surface area (Å²) in [5, 5.41) is 0. The van der Waals surface area contributed by atoms with E-state index in [0.29, 0.717) is 26.2 Å². The van der Waals surface area contributed by atoms with Crippen LogP contribution in [0.2, 0.25) is 0 Å². The van der Waals surface area contributed by atoms with E-state index in [0.717, 1.165) is 25.9 Å². The van der Waals surface area contributed by atoms with Gasteiger partial charge in [0.15, 0.2) is 0 Å². The molecule has 0 aromatic carbocycles. The molecule has 0 amide bonds. The highest BCUT2D eigenvalue weighted by molar-refractivity contribution is 5.59. The molecule has 18 heavy (non-hydrogen) atoms. The quantitative estimate of drug-likeness (QED) is 0.423. The third kappa shape index (κ3) is 10.4. The van der Waals surface area contributed by atoms with Crippen LogP contribution in [0.5, 0.6) is 0 Å². The van der Waals surface area contributed by atoms with Gasteiger partial charge in [-0.05, 0) is 12.8 Å². The molecule has 0 N–H and O–H groups in total. The molecule has 1 unspecified atom stereocenters. The highest BCUT2D eigenvalue weighted by Gasteiger charge is 2.06. The van der Waals surface area contributed by atoms with E-state index in [1.54, 1.807) is 0 Å². The summed E-state index contributed by atoms with van der Waals surface area (Å²) in [5.41, 5.74) is 0. The molecule has 0 radical (unpaired) electrons. The predicted molar refractivity (Wildman–Crippen MR) is 68.7 cm³/mol. The van der Waals surface area contributed by atoms with Crippen molar-refractivity contribution in [1.82, 2.24) is 0 Å². The highest BCUT2D eigenvalue weighted by atomic mass is 16.7. The monoisotopic (exact) mass is 262 g/mol. The minimum absolute atomic E-state index is 0.165. The minimum atomic E-state index is -0.649. The largest absolute Gasteiger partial charge is 0.507 e. The lowest BCUT2D eigenvalue weighted by Crippen LogP contribution is -2.20. The summed E-state index contributed by atoms with van der Waals surface area (Å²) in [6, 6.07) is 0. The summed E-state index contributed by atoms with van der Waals surface area (Å²) in [6.07, 6.45) is 3.36. The van der Waals surface area contributed by atoms with Gasteiger partial charge in [0.1, 0.15) is 0 Å². The fraction of sp³-hybridized carbons (Fsp3) is 0.923. The average molecular weight is 262 g/mol. The smallest absolute Gasteiger partial charge is 0.438 e. The molecule has 1 atom stereocenters. The Balaban J connectivity index is 3.36. The van der Waals surface area contributed by atoms with Crippen LogP contribution >= 0.6 is 0 Å². The second-order valence-electron chi connectivity index (χ2n) is 3.99. The first-order valence-corrected chi connectivity index (χ1v) is 6.64. The molecule has 0 spiro atoms. The van der Waals surface area contributed by atoms with Crippen molar-refractivity contribution in [3.63, 3.8) is 0 Å². The van der Waals surface area contributed by atoms with Gasteiger partial charge in [0.25, 0.3) is 0 Å². The molecule has 0 saturated carbocycles. The molecule has 5 nitrogen and oxygen atoms in total. The third-order valence-corrected chi connectivity index (χ3v) is 2.43. The second-order valence-corrected chi connectivity index (χ2v) is 3.99. The van der Waals surface area contributed by atoms with E-state index in [1.807, 2.05) is 0 Å². The van der Waals surface area contributed by atoms with Crippen LogP contribution in [0.25, 0.3) is 0 Å². The fourth-order valence-corrected chi connectivity index (χ4v) is 1.27. The molecule has 0 bridgehead atoms. The summed E-state index contributed by atoms with van der Waals surface area (Å²) < 4.78 is 20.2. The molecule has 0 aliphatic rings. The summed E-state index contributed by atoms with van der Waals surface area (Å²) in [4.78, 5) is 10.6. The molecule has 0 saturated heterocycles. The number of hydrogen-bond donors (Lipinski definition) is 0. The third-order valence-electron chi connectivity index (χ3n) is 2.43. The molecule has 0 rings (SSSR count). The van der Waals surface area contributed by atoms with Gasteiger partial charge in [-0.2, -0.15) is 0 Å². The van der Waals surface area contributed by atoms with Gasteiger partial charge in [0.05, 0.1) is 26.4 Å². The van der Waals surface area contributed by atoms with Gasteiger partial charge in [0, 0.05) is 19.6 Å². The lowest BCUT2D eigenvalue weighted by Gasteiger charge is -2.16. The maximum Gasteiger partial charge on any atom is 0.507 e. The lowest BCUT2D eigenvalue weighted by atomic mass is 10.3.